The number of ketones is 1. The fourth-order valence-electron chi connectivity index (χ4n) is 5.32. The maximum Gasteiger partial charge on any atom is 0.301 e. The van der Waals surface area contributed by atoms with Crippen LogP contribution in [0.4, 0.5) is 5.13 Å². The summed E-state index contributed by atoms with van der Waals surface area (Å²) in [5, 5.41) is 12.0. The number of nitrogens with zero attached hydrogens (tertiary/aromatic N) is 2. The van der Waals surface area contributed by atoms with Crippen molar-refractivity contribution >= 4 is 44.1 Å². The number of fused-ring (bicyclic) bond motifs is 2. The van der Waals surface area contributed by atoms with Crippen molar-refractivity contribution in [2.45, 2.75) is 45.8 Å². The first-order chi connectivity index (χ1) is 19.9. The molecule has 0 spiro atoms. The number of amides is 1. The van der Waals surface area contributed by atoms with Crippen LogP contribution in [0, 0.1) is 0 Å². The van der Waals surface area contributed by atoms with Crippen LogP contribution in [0.2, 0.25) is 0 Å². The largest absolute Gasteiger partial charge is 0.507 e. The van der Waals surface area contributed by atoms with E-state index in [9.17, 15) is 14.7 Å². The molecule has 2 aliphatic rings. The van der Waals surface area contributed by atoms with Crippen LogP contribution in [0.3, 0.4) is 0 Å². The average Bonchev–Trinajstić information content (AvgIpc) is 3.63. The third-order valence-corrected chi connectivity index (χ3v) is 8.14. The lowest BCUT2D eigenvalue weighted by Gasteiger charge is -2.23. The van der Waals surface area contributed by atoms with E-state index in [1.54, 1.807) is 12.1 Å². The third kappa shape index (κ3) is 4.91. The molecule has 0 aliphatic carbocycles. The van der Waals surface area contributed by atoms with E-state index in [1.807, 2.05) is 69.3 Å². The van der Waals surface area contributed by atoms with Gasteiger partial charge in [-0.25, -0.2) is 4.98 Å². The van der Waals surface area contributed by atoms with Crippen LogP contribution in [-0.4, -0.2) is 41.1 Å². The number of Topliss-reactive ketones (excluding diaryl/α,β-unsaturated/α-hetero) is 1. The number of thiazole rings is 1. The highest BCUT2D eigenvalue weighted by Crippen LogP contribution is 2.45. The number of aliphatic hydroxyl groups excluding tert-OH is 1. The molecule has 1 aromatic heterocycles. The highest BCUT2D eigenvalue weighted by Gasteiger charge is 2.48. The Kier molecular flexibility index (Phi) is 7.13. The second-order valence-corrected chi connectivity index (χ2v) is 11.1. The van der Waals surface area contributed by atoms with Crippen molar-refractivity contribution in [3.05, 3.63) is 82.9 Å². The zero-order valence-corrected chi connectivity index (χ0v) is 23.9. The van der Waals surface area contributed by atoms with Crippen LogP contribution in [0.15, 0.2) is 66.2 Å². The van der Waals surface area contributed by atoms with Crippen LogP contribution >= 0.6 is 11.3 Å². The van der Waals surface area contributed by atoms with E-state index in [-0.39, 0.29) is 17.4 Å². The van der Waals surface area contributed by atoms with Gasteiger partial charge in [-0.3, -0.25) is 14.5 Å². The first kappa shape index (κ1) is 26.8. The molecule has 3 aromatic carbocycles. The summed E-state index contributed by atoms with van der Waals surface area (Å²) in [6, 6.07) is 17.3. The maximum atomic E-state index is 13.7. The van der Waals surface area contributed by atoms with Gasteiger partial charge < -0.3 is 19.3 Å². The summed E-state index contributed by atoms with van der Waals surface area (Å²) < 4.78 is 18.1. The van der Waals surface area contributed by atoms with Gasteiger partial charge in [-0.2, -0.15) is 0 Å². The predicted octanol–water partition coefficient (Wildman–Crippen LogP) is 6.43. The van der Waals surface area contributed by atoms with Gasteiger partial charge in [-0.1, -0.05) is 30.4 Å². The molecule has 41 heavy (non-hydrogen) atoms. The van der Waals surface area contributed by atoms with Gasteiger partial charge in [-0.05, 0) is 79.9 Å². The lowest BCUT2D eigenvalue weighted by Crippen LogP contribution is -2.29. The molecule has 0 saturated carbocycles. The van der Waals surface area contributed by atoms with Crippen molar-refractivity contribution in [1.82, 2.24) is 4.98 Å². The number of carbonyl (C=O) groups is 2. The normalized spacial score (nSPS) is 19.4. The Morgan fingerprint density at radius 2 is 1.90 bits per heavy atom. The number of hydrogen-bond donors (Lipinski definition) is 1. The molecule has 2 aliphatic heterocycles. The molecular formula is C32H30N2O6S. The maximum absolute atomic E-state index is 13.7. The summed E-state index contributed by atoms with van der Waals surface area (Å²) in [7, 11) is 0. The lowest BCUT2D eigenvalue weighted by atomic mass is 9.94. The van der Waals surface area contributed by atoms with E-state index in [4.69, 9.17) is 19.2 Å². The lowest BCUT2D eigenvalue weighted by molar-refractivity contribution is -0.132. The minimum atomic E-state index is -0.907. The summed E-state index contributed by atoms with van der Waals surface area (Å²) in [4.78, 5) is 33.5. The van der Waals surface area contributed by atoms with Crippen LogP contribution in [0.5, 0.6) is 17.2 Å². The highest BCUT2D eigenvalue weighted by molar-refractivity contribution is 7.22. The first-order valence-corrected chi connectivity index (χ1v) is 14.6. The SMILES string of the molecule is CCCOc1cccc([C@@H]2C(=C(O)c3ccc4c(c3)C[C@H](C)O4)C(=O)C(=O)N2c2nc3ccc(OCC)cc3s2)c1. The van der Waals surface area contributed by atoms with E-state index < -0.39 is 17.7 Å². The molecule has 1 saturated heterocycles. The van der Waals surface area contributed by atoms with E-state index >= 15 is 0 Å². The minimum absolute atomic E-state index is 0.00353. The van der Waals surface area contributed by atoms with E-state index in [0.717, 1.165) is 22.4 Å². The number of hydrogen-bond acceptors (Lipinski definition) is 8. The van der Waals surface area contributed by atoms with Gasteiger partial charge in [0.25, 0.3) is 5.78 Å². The van der Waals surface area contributed by atoms with Gasteiger partial charge in [0.05, 0.1) is 35.0 Å². The van der Waals surface area contributed by atoms with Crippen molar-refractivity contribution < 1.29 is 28.9 Å². The molecule has 1 N–H and O–H groups in total. The molecule has 0 bridgehead atoms. The standard InChI is InChI=1S/C32H30N2O6S/c1-4-13-39-22-8-6-7-19(16-22)28-27(29(35)20-9-12-25-21(15-20)14-18(3)40-25)30(36)31(37)34(28)32-33-24-11-10-23(38-5-2)17-26(24)41-32/h6-12,15-18,28,35H,4-5,13-14H2,1-3H3/t18-,28+/m0/s1. The van der Waals surface area contributed by atoms with Crippen LogP contribution in [0.25, 0.3) is 16.0 Å². The molecule has 0 unspecified atom stereocenters. The van der Waals surface area contributed by atoms with Gasteiger partial charge in [-0.15, -0.1) is 0 Å². The Balaban J connectivity index is 1.50. The topological polar surface area (TPSA) is 98.2 Å². The van der Waals surface area contributed by atoms with Gasteiger partial charge in [0.15, 0.2) is 5.13 Å². The zero-order valence-electron chi connectivity index (χ0n) is 23.0. The molecule has 2 atom stereocenters. The van der Waals surface area contributed by atoms with Crippen LogP contribution in [0.1, 0.15) is 49.9 Å². The van der Waals surface area contributed by atoms with Crippen LogP contribution < -0.4 is 19.1 Å². The van der Waals surface area contributed by atoms with Gasteiger partial charge in [0.1, 0.15) is 29.1 Å². The van der Waals surface area contributed by atoms with Crippen LogP contribution in [-0.2, 0) is 16.0 Å². The molecule has 9 heteroatoms. The first-order valence-electron chi connectivity index (χ1n) is 13.7. The number of ether oxygens (including phenoxy) is 3. The van der Waals surface area contributed by atoms with E-state index in [0.29, 0.717) is 52.9 Å². The summed E-state index contributed by atoms with van der Waals surface area (Å²) in [5.74, 6) is 0.310. The molecule has 3 heterocycles. The Morgan fingerprint density at radius 1 is 1.07 bits per heavy atom. The Morgan fingerprint density at radius 3 is 2.71 bits per heavy atom. The second kappa shape index (κ2) is 10.9. The van der Waals surface area contributed by atoms with Gasteiger partial charge in [0, 0.05) is 12.0 Å². The molecule has 1 amide bonds. The Labute approximate surface area is 241 Å². The Hall–Kier alpha value is -4.37. The van der Waals surface area contributed by atoms with Crippen molar-refractivity contribution in [3.63, 3.8) is 0 Å². The third-order valence-electron chi connectivity index (χ3n) is 7.13. The van der Waals surface area contributed by atoms with Gasteiger partial charge >= 0.3 is 5.91 Å². The van der Waals surface area contributed by atoms with E-state index in [1.165, 1.54) is 16.2 Å². The number of aromatic nitrogens is 1. The molecule has 6 rings (SSSR count). The monoisotopic (exact) mass is 570 g/mol. The number of anilines is 1. The summed E-state index contributed by atoms with van der Waals surface area (Å²) in [5.41, 5.74) is 2.71. The number of carbonyl (C=O) groups excluding carboxylic acids is 2. The van der Waals surface area contributed by atoms with Crippen molar-refractivity contribution in [2.24, 2.45) is 0 Å². The summed E-state index contributed by atoms with van der Waals surface area (Å²) in [6.45, 7) is 6.96. The Bertz CT molecular complexity index is 1690. The molecule has 210 valence electrons. The summed E-state index contributed by atoms with van der Waals surface area (Å²) in [6.07, 6.45) is 1.56. The smallest absolute Gasteiger partial charge is 0.301 e. The molecule has 1 fully saturated rings. The predicted molar refractivity (Wildman–Crippen MR) is 158 cm³/mol. The average molecular weight is 571 g/mol. The minimum Gasteiger partial charge on any atom is -0.507 e. The second-order valence-electron chi connectivity index (χ2n) is 10.1. The number of benzene rings is 3. The van der Waals surface area contributed by atoms with Crippen molar-refractivity contribution in [2.75, 3.05) is 18.1 Å². The quantitative estimate of drug-likeness (QED) is 0.148. The fourth-order valence-corrected chi connectivity index (χ4v) is 6.34. The van der Waals surface area contributed by atoms with Crippen molar-refractivity contribution in [3.8, 4) is 17.2 Å². The zero-order chi connectivity index (χ0) is 28.7. The van der Waals surface area contributed by atoms with Crippen molar-refractivity contribution in [1.29, 1.82) is 0 Å². The van der Waals surface area contributed by atoms with E-state index in [2.05, 4.69) is 0 Å². The molecule has 8 nitrogen and oxygen atoms in total. The molecule has 4 aromatic rings. The highest BCUT2D eigenvalue weighted by atomic mass is 32.1. The summed E-state index contributed by atoms with van der Waals surface area (Å²) >= 11 is 1.29. The van der Waals surface area contributed by atoms with Gasteiger partial charge in [0.2, 0.25) is 0 Å². The molecular weight excluding hydrogens is 540 g/mol. The number of rotatable bonds is 8. The molecule has 0 radical (unpaired) electrons. The number of aliphatic hydroxyl groups is 1. The fraction of sp³-hybridized carbons (Fsp3) is 0.281.